The lowest BCUT2D eigenvalue weighted by atomic mass is 9.76. The summed E-state index contributed by atoms with van der Waals surface area (Å²) in [6, 6.07) is 33.9. The topological polar surface area (TPSA) is 134 Å². The van der Waals surface area contributed by atoms with Gasteiger partial charge < -0.3 is 19.9 Å². The Hall–Kier alpha value is -5.21. The van der Waals surface area contributed by atoms with E-state index in [2.05, 4.69) is 4.98 Å². The summed E-state index contributed by atoms with van der Waals surface area (Å²) in [6.07, 6.45) is -0.0964. The molecule has 43 heavy (non-hydrogen) atoms. The fraction of sp³-hybridized carbons (Fsp3) is 0.118. The average Bonchev–Trinajstić information content (AvgIpc) is 3.01. The average molecular weight is 598 g/mol. The van der Waals surface area contributed by atoms with Crippen LogP contribution in [0.3, 0.4) is 0 Å². The summed E-state index contributed by atoms with van der Waals surface area (Å²) in [5.41, 5.74) is 0.221. The molecule has 218 valence electrons. The summed E-state index contributed by atoms with van der Waals surface area (Å²) in [7, 11) is 0. The van der Waals surface area contributed by atoms with Gasteiger partial charge in [-0.05, 0) is 35.6 Å². The number of H-pyrrole nitrogens is 1. The predicted octanol–water partition coefficient (Wildman–Crippen LogP) is 6.17. The molecule has 0 unspecified atom stereocenters. The van der Waals surface area contributed by atoms with Gasteiger partial charge in [0.25, 0.3) is 5.56 Å². The van der Waals surface area contributed by atoms with Crippen LogP contribution in [0, 0.1) is 5.41 Å². The largest absolute Gasteiger partial charge is 0.480 e. The number of para-hydroxylation sites is 1. The molecule has 1 aromatic heterocycles. The maximum Gasteiger partial charge on any atom is 0.345 e. The van der Waals surface area contributed by atoms with Gasteiger partial charge in [0.1, 0.15) is 12.2 Å². The van der Waals surface area contributed by atoms with Crippen LogP contribution in [0.15, 0.2) is 120 Å². The number of rotatable bonds is 9. The molecule has 0 aliphatic heterocycles. The van der Waals surface area contributed by atoms with E-state index in [9.17, 15) is 29.4 Å². The maximum atomic E-state index is 12.2. The molecule has 0 spiro atoms. The first-order valence-corrected chi connectivity index (χ1v) is 13.7. The van der Waals surface area contributed by atoms with Crippen molar-refractivity contribution >= 4 is 40.4 Å². The number of carbonyl (C=O) groups is 3. The number of carboxylic acids is 2. The van der Waals surface area contributed by atoms with E-state index >= 15 is 0 Å². The van der Waals surface area contributed by atoms with Crippen molar-refractivity contribution in [1.82, 2.24) is 4.98 Å². The van der Waals surface area contributed by atoms with Crippen LogP contribution in [0.25, 0.3) is 10.9 Å². The van der Waals surface area contributed by atoms with E-state index in [1.54, 1.807) is 72.8 Å². The van der Waals surface area contributed by atoms with E-state index < -0.39 is 28.9 Å². The molecule has 0 fully saturated rings. The highest BCUT2D eigenvalue weighted by atomic mass is 35.5. The third-order valence-electron chi connectivity index (χ3n) is 6.79. The van der Waals surface area contributed by atoms with Crippen molar-refractivity contribution in [3.8, 4) is 0 Å². The highest BCUT2D eigenvalue weighted by Crippen LogP contribution is 2.29. The number of aliphatic carboxylic acids is 2. The van der Waals surface area contributed by atoms with E-state index in [-0.39, 0.29) is 30.0 Å². The van der Waals surface area contributed by atoms with Crippen LogP contribution < -0.4 is 5.56 Å². The molecule has 0 bridgehead atoms. The zero-order valence-corrected chi connectivity index (χ0v) is 23.7. The number of nitrogens with one attached hydrogen (secondary N) is 1. The first-order chi connectivity index (χ1) is 20.7. The Morgan fingerprint density at radius 2 is 1.12 bits per heavy atom. The molecular formula is C34H28ClNO7. The summed E-state index contributed by atoms with van der Waals surface area (Å²) in [5, 5.41) is 19.8. The first-order valence-electron chi connectivity index (χ1n) is 13.3. The Morgan fingerprint density at radius 3 is 1.60 bits per heavy atom. The van der Waals surface area contributed by atoms with Crippen LogP contribution in [0.1, 0.15) is 27.0 Å². The molecule has 0 aliphatic rings. The number of carboxylic acid groups (broad SMARTS) is 2. The normalized spacial score (nSPS) is 10.8. The van der Waals surface area contributed by atoms with Crippen molar-refractivity contribution in [3.63, 3.8) is 0 Å². The van der Waals surface area contributed by atoms with Gasteiger partial charge in [-0.25, -0.2) is 4.79 Å². The SMILES string of the molecule is O=C(O)C(Cc1ccccc1)(Cc1ccccc1)C(=O)O.O=C(OCc1ccccc1)c1c(Cl)c2ccccc2[nH]c1=O. The zero-order chi connectivity index (χ0) is 30.8. The van der Waals surface area contributed by atoms with Gasteiger partial charge in [0.15, 0.2) is 5.41 Å². The number of hydrogen-bond acceptors (Lipinski definition) is 5. The quantitative estimate of drug-likeness (QED) is 0.137. The minimum Gasteiger partial charge on any atom is -0.480 e. The Balaban J connectivity index is 0.000000197. The summed E-state index contributed by atoms with van der Waals surface area (Å²) in [4.78, 5) is 50.3. The van der Waals surface area contributed by atoms with Crippen LogP contribution in [-0.4, -0.2) is 33.1 Å². The number of hydrogen-bond donors (Lipinski definition) is 3. The summed E-state index contributed by atoms with van der Waals surface area (Å²) in [6.45, 7) is 0.0856. The third-order valence-corrected chi connectivity index (χ3v) is 7.18. The molecule has 5 rings (SSSR count). The van der Waals surface area contributed by atoms with Gasteiger partial charge in [0.05, 0.1) is 5.02 Å². The fourth-order valence-electron chi connectivity index (χ4n) is 4.53. The zero-order valence-electron chi connectivity index (χ0n) is 22.9. The van der Waals surface area contributed by atoms with Crippen LogP contribution in [0.2, 0.25) is 5.02 Å². The molecule has 3 N–H and O–H groups in total. The molecule has 0 aliphatic carbocycles. The standard InChI is InChI=1S/C17H12ClNO3.C17H16O4/c18-15-12-8-4-5-9-13(12)19-16(20)14(15)17(21)22-10-11-6-2-1-3-7-11;18-15(19)17(16(20)21,11-13-7-3-1-4-8-13)12-14-9-5-2-6-10-14/h1-9H,10H2,(H,19,20);1-10H,11-12H2,(H,18,19)(H,20,21). The number of halogens is 1. The van der Waals surface area contributed by atoms with Gasteiger partial charge in [-0.15, -0.1) is 0 Å². The van der Waals surface area contributed by atoms with E-state index in [1.165, 1.54) is 0 Å². The minimum atomic E-state index is -1.86. The third kappa shape index (κ3) is 7.55. The first kappa shape index (κ1) is 30.7. The van der Waals surface area contributed by atoms with Crippen LogP contribution in [0.5, 0.6) is 0 Å². The number of aromatic nitrogens is 1. The highest BCUT2D eigenvalue weighted by Gasteiger charge is 2.46. The second-order valence-corrected chi connectivity index (χ2v) is 10.1. The van der Waals surface area contributed by atoms with E-state index in [0.29, 0.717) is 22.0 Å². The van der Waals surface area contributed by atoms with Gasteiger partial charge in [0, 0.05) is 10.9 Å². The van der Waals surface area contributed by atoms with E-state index in [0.717, 1.165) is 5.56 Å². The molecule has 9 heteroatoms. The number of aromatic amines is 1. The molecular weight excluding hydrogens is 570 g/mol. The van der Waals surface area contributed by atoms with Gasteiger partial charge in [-0.1, -0.05) is 121 Å². The number of benzene rings is 4. The van der Waals surface area contributed by atoms with Gasteiger partial charge in [-0.3, -0.25) is 14.4 Å². The highest BCUT2D eigenvalue weighted by molar-refractivity contribution is 6.38. The van der Waals surface area contributed by atoms with Crippen molar-refractivity contribution in [2.75, 3.05) is 0 Å². The van der Waals surface area contributed by atoms with Crippen molar-refractivity contribution in [2.45, 2.75) is 19.4 Å². The molecule has 0 atom stereocenters. The van der Waals surface area contributed by atoms with Crippen molar-refractivity contribution < 1.29 is 29.3 Å². The number of carbonyl (C=O) groups excluding carboxylic acids is 1. The summed E-state index contributed by atoms with van der Waals surface area (Å²) >= 11 is 6.20. The van der Waals surface area contributed by atoms with Crippen molar-refractivity contribution in [2.24, 2.45) is 5.41 Å². The number of esters is 1. The number of fused-ring (bicyclic) bond motifs is 1. The molecule has 0 saturated carbocycles. The fourth-order valence-corrected chi connectivity index (χ4v) is 4.85. The second kappa shape index (κ2) is 14.1. The molecule has 0 saturated heterocycles. The Morgan fingerprint density at radius 1 is 0.674 bits per heavy atom. The number of pyridine rings is 1. The second-order valence-electron chi connectivity index (χ2n) is 9.77. The lowest BCUT2D eigenvalue weighted by Crippen LogP contribution is -2.43. The van der Waals surface area contributed by atoms with Crippen molar-refractivity contribution in [3.05, 3.63) is 153 Å². The van der Waals surface area contributed by atoms with Gasteiger partial charge in [0.2, 0.25) is 0 Å². The smallest absolute Gasteiger partial charge is 0.345 e. The predicted molar refractivity (Wildman–Crippen MR) is 163 cm³/mol. The molecule has 0 radical (unpaired) electrons. The lowest BCUT2D eigenvalue weighted by molar-refractivity contribution is -0.164. The number of ether oxygens (including phenoxy) is 1. The van der Waals surface area contributed by atoms with Crippen molar-refractivity contribution in [1.29, 1.82) is 0 Å². The van der Waals surface area contributed by atoms with Crippen LogP contribution in [0.4, 0.5) is 0 Å². The van der Waals surface area contributed by atoms with E-state index in [4.69, 9.17) is 16.3 Å². The van der Waals surface area contributed by atoms with E-state index in [1.807, 2.05) is 42.5 Å². The van der Waals surface area contributed by atoms with Gasteiger partial charge >= 0.3 is 17.9 Å². The Bertz CT molecular complexity index is 1710. The molecule has 4 aromatic carbocycles. The minimum absolute atomic E-state index is 0.0482. The Labute approximate surface area is 252 Å². The monoisotopic (exact) mass is 597 g/mol. The maximum absolute atomic E-state index is 12.2. The van der Waals surface area contributed by atoms with Crippen LogP contribution >= 0.6 is 11.6 Å². The van der Waals surface area contributed by atoms with Gasteiger partial charge in [-0.2, -0.15) is 0 Å². The van der Waals surface area contributed by atoms with Crippen LogP contribution in [-0.2, 0) is 33.8 Å². The Kier molecular flexibility index (Phi) is 10.1. The summed E-state index contributed by atoms with van der Waals surface area (Å²) < 4.78 is 5.18. The molecule has 0 amide bonds. The lowest BCUT2D eigenvalue weighted by Gasteiger charge is -2.25. The summed E-state index contributed by atoms with van der Waals surface area (Å²) in [5.74, 6) is -3.37. The molecule has 5 aromatic rings. The molecule has 1 heterocycles. The molecule has 8 nitrogen and oxygen atoms in total.